The molecule has 6 nitrogen and oxygen atoms in total. The Morgan fingerprint density at radius 3 is 2.48 bits per heavy atom. The number of piperidine rings is 1. The fraction of sp³-hybridized carbons (Fsp3) is 0.348. The Balaban J connectivity index is 1.42. The van der Waals surface area contributed by atoms with Gasteiger partial charge in [0.05, 0.1) is 5.56 Å². The highest BCUT2D eigenvalue weighted by molar-refractivity contribution is 5.94. The zero-order valence-electron chi connectivity index (χ0n) is 17.0. The maximum atomic E-state index is 12.4. The Morgan fingerprint density at radius 2 is 1.86 bits per heavy atom. The number of hydrogen-bond donors (Lipinski definition) is 1. The Kier molecular flexibility index (Phi) is 7.00. The van der Waals surface area contributed by atoms with Gasteiger partial charge in [0.1, 0.15) is 5.82 Å². The van der Waals surface area contributed by atoms with Gasteiger partial charge < -0.3 is 15.1 Å². The van der Waals surface area contributed by atoms with Crippen molar-refractivity contribution in [3.8, 4) is 0 Å². The van der Waals surface area contributed by atoms with E-state index in [1.165, 1.54) is 0 Å². The second kappa shape index (κ2) is 9.87. The summed E-state index contributed by atoms with van der Waals surface area (Å²) in [5, 5.41) is 3.00. The number of amides is 2. The average molecular weight is 393 g/mol. The maximum Gasteiger partial charge on any atom is 0.252 e. The van der Waals surface area contributed by atoms with Crippen molar-refractivity contribution in [1.29, 1.82) is 0 Å². The van der Waals surface area contributed by atoms with Gasteiger partial charge in [-0.3, -0.25) is 9.59 Å². The molecule has 0 aliphatic carbocycles. The van der Waals surface area contributed by atoms with Crippen LogP contribution in [0.1, 0.15) is 28.8 Å². The Bertz CT molecular complexity index is 839. The third-order valence-corrected chi connectivity index (χ3v) is 5.16. The molecule has 0 bridgehead atoms. The van der Waals surface area contributed by atoms with Crippen LogP contribution in [0.25, 0.3) is 6.08 Å². The molecule has 2 amide bonds. The topological polar surface area (TPSA) is 65.5 Å². The first-order chi connectivity index (χ1) is 14.0. The van der Waals surface area contributed by atoms with Crippen LogP contribution in [0, 0.1) is 5.92 Å². The van der Waals surface area contributed by atoms with Crippen LogP contribution >= 0.6 is 0 Å². The van der Waals surface area contributed by atoms with E-state index in [0.29, 0.717) is 18.0 Å². The first-order valence-corrected chi connectivity index (χ1v) is 9.96. The summed E-state index contributed by atoms with van der Waals surface area (Å²) in [5.74, 6) is 1.14. The van der Waals surface area contributed by atoms with Crippen LogP contribution in [0.2, 0.25) is 0 Å². The maximum absolute atomic E-state index is 12.4. The first kappa shape index (κ1) is 20.6. The van der Waals surface area contributed by atoms with Gasteiger partial charge in [-0.25, -0.2) is 4.98 Å². The van der Waals surface area contributed by atoms with Crippen molar-refractivity contribution in [2.45, 2.75) is 12.8 Å². The van der Waals surface area contributed by atoms with E-state index in [1.807, 2.05) is 66.4 Å². The molecule has 2 aromatic rings. The molecule has 0 spiro atoms. The SMILES string of the molecule is CN(C)c1ccc(C(=O)NCC2CCN(C(=O)C=Cc3ccccc3)CC2)cn1. The van der Waals surface area contributed by atoms with Gasteiger partial charge in [0.15, 0.2) is 0 Å². The van der Waals surface area contributed by atoms with E-state index in [9.17, 15) is 9.59 Å². The van der Waals surface area contributed by atoms with Crippen LogP contribution < -0.4 is 10.2 Å². The lowest BCUT2D eigenvalue weighted by molar-refractivity contribution is -0.127. The van der Waals surface area contributed by atoms with Crippen LogP contribution in [-0.2, 0) is 4.79 Å². The molecule has 1 fully saturated rings. The van der Waals surface area contributed by atoms with E-state index >= 15 is 0 Å². The molecule has 152 valence electrons. The lowest BCUT2D eigenvalue weighted by Crippen LogP contribution is -2.41. The summed E-state index contributed by atoms with van der Waals surface area (Å²) in [6.07, 6.45) is 6.88. The second-order valence-electron chi connectivity index (χ2n) is 7.52. The molecule has 1 aromatic carbocycles. The predicted octanol–water partition coefficient (Wildman–Crippen LogP) is 2.83. The minimum Gasteiger partial charge on any atom is -0.363 e. The van der Waals surface area contributed by atoms with Gasteiger partial charge in [0.2, 0.25) is 5.91 Å². The summed E-state index contributed by atoms with van der Waals surface area (Å²) in [7, 11) is 3.83. The number of carbonyl (C=O) groups is 2. The van der Waals surface area contributed by atoms with Crippen LogP contribution in [0.15, 0.2) is 54.7 Å². The summed E-state index contributed by atoms with van der Waals surface area (Å²) >= 11 is 0. The third-order valence-electron chi connectivity index (χ3n) is 5.16. The quantitative estimate of drug-likeness (QED) is 0.768. The highest BCUT2D eigenvalue weighted by Gasteiger charge is 2.22. The van der Waals surface area contributed by atoms with E-state index in [2.05, 4.69) is 10.3 Å². The number of nitrogens with one attached hydrogen (secondary N) is 1. The lowest BCUT2D eigenvalue weighted by atomic mass is 9.96. The van der Waals surface area contributed by atoms with Crippen molar-refractivity contribution >= 4 is 23.7 Å². The van der Waals surface area contributed by atoms with Crippen LogP contribution in [0.5, 0.6) is 0 Å². The number of nitrogens with zero attached hydrogens (tertiary/aromatic N) is 3. The minimum atomic E-state index is -0.105. The fourth-order valence-electron chi connectivity index (χ4n) is 3.32. The van der Waals surface area contributed by atoms with Crippen molar-refractivity contribution in [1.82, 2.24) is 15.2 Å². The van der Waals surface area contributed by atoms with Crippen molar-refractivity contribution in [3.63, 3.8) is 0 Å². The van der Waals surface area contributed by atoms with E-state index in [1.54, 1.807) is 18.3 Å². The molecule has 2 heterocycles. The summed E-state index contributed by atoms with van der Waals surface area (Å²) in [4.78, 5) is 32.7. The first-order valence-electron chi connectivity index (χ1n) is 9.96. The Hall–Kier alpha value is -3.15. The van der Waals surface area contributed by atoms with E-state index < -0.39 is 0 Å². The normalized spacial score (nSPS) is 14.8. The number of rotatable bonds is 6. The molecule has 1 aliphatic rings. The summed E-state index contributed by atoms with van der Waals surface area (Å²) in [5.41, 5.74) is 1.58. The summed E-state index contributed by atoms with van der Waals surface area (Å²) in [6, 6.07) is 13.4. The molecule has 6 heteroatoms. The molecule has 1 N–H and O–H groups in total. The van der Waals surface area contributed by atoms with Crippen molar-refractivity contribution in [2.24, 2.45) is 5.92 Å². The molecule has 1 aliphatic heterocycles. The van der Waals surface area contributed by atoms with Crippen LogP contribution in [0.4, 0.5) is 5.82 Å². The molecule has 3 rings (SSSR count). The molecule has 1 aromatic heterocycles. The Labute approximate surface area is 172 Å². The zero-order valence-corrected chi connectivity index (χ0v) is 17.0. The second-order valence-corrected chi connectivity index (χ2v) is 7.52. The van der Waals surface area contributed by atoms with Gasteiger partial charge in [-0.1, -0.05) is 30.3 Å². The third kappa shape index (κ3) is 5.91. The van der Waals surface area contributed by atoms with E-state index in [-0.39, 0.29) is 11.8 Å². The lowest BCUT2D eigenvalue weighted by Gasteiger charge is -2.31. The van der Waals surface area contributed by atoms with Crippen LogP contribution in [-0.4, -0.2) is 55.4 Å². The number of hydrogen-bond acceptors (Lipinski definition) is 4. The standard InChI is InChI=1S/C23H28N4O2/c1-26(2)21-10-9-20(17-24-21)23(29)25-16-19-12-14-27(15-13-19)22(28)11-8-18-6-4-3-5-7-18/h3-11,17,19H,12-16H2,1-2H3,(H,25,29). The van der Waals surface area contributed by atoms with Crippen molar-refractivity contribution < 1.29 is 9.59 Å². The van der Waals surface area contributed by atoms with Gasteiger partial charge in [-0.05, 0) is 42.5 Å². The van der Waals surface area contributed by atoms with Gasteiger partial charge >= 0.3 is 0 Å². The number of anilines is 1. The number of likely N-dealkylation sites (tertiary alicyclic amines) is 1. The average Bonchev–Trinajstić information content (AvgIpc) is 2.77. The molecular formula is C23H28N4O2. The van der Waals surface area contributed by atoms with Gasteiger partial charge in [-0.2, -0.15) is 0 Å². The van der Waals surface area contributed by atoms with E-state index in [0.717, 1.165) is 37.3 Å². The summed E-state index contributed by atoms with van der Waals surface area (Å²) in [6.45, 7) is 2.06. The van der Waals surface area contributed by atoms with Crippen molar-refractivity contribution in [2.75, 3.05) is 38.6 Å². The molecular weight excluding hydrogens is 364 g/mol. The minimum absolute atomic E-state index is 0.0448. The molecule has 1 saturated heterocycles. The number of benzene rings is 1. The van der Waals surface area contributed by atoms with Gasteiger partial charge in [0, 0.05) is 46.0 Å². The Morgan fingerprint density at radius 1 is 1.14 bits per heavy atom. The zero-order chi connectivity index (χ0) is 20.6. The largest absolute Gasteiger partial charge is 0.363 e. The fourth-order valence-corrected chi connectivity index (χ4v) is 3.32. The highest BCUT2D eigenvalue weighted by Crippen LogP contribution is 2.17. The van der Waals surface area contributed by atoms with E-state index in [4.69, 9.17) is 0 Å². The molecule has 0 atom stereocenters. The van der Waals surface area contributed by atoms with Crippen LogP contribution in [0.3, 0.4) is 0 Å². The molecule has 0 unspecified atom stereocenters. The molecule has 0 radical (unpaired) electrons. The number of aromatic nitrogens is 1. The molecule has 29 heavy (non-hydrogen) atoms. The number of carbonyl (C=O) groups excluding carboxylic acids is 2. The predicted molar refractivity (Wildman–Crippen MR) is 116 cm³/mol. The number of pyridine rings is 1. The van der Waals surface area contributed by atoms with Gasteiger partial charge in [-0.15, -0.1) is 0 Å². The van der Waals surface area contributed by atoms with Crippen molar-refractivity contribution in [3.05, 3.63) is 65.9 Å². The smallest absolute Gasteiger partial charge is 0.252 e. The summed E-state index contributed by atoms with van der Waals surface area (Å²) < 4.78 is 0. The highest BCUT2D eigenvalue weighted by atomic mass is 16.2. The monoisotopic (exact) mass is 392 g/mol. The van der Waals surface area contributed by atoms with Gasteiger partial charge in [0.25, 0.3) is 5.91 Å². The molecule has 0 saturated carbocycles.